The molecule has 2 fully saturated rings. The van der Waals surface area contributed by atoms with Crippen LogP contribution in [0.25, 0.3) is 0 Å². The molecule has 4 nitrogen and oxygen atoms in total. The van der Waals surface area contributed by atoms with E-state index in [0.29, 0.717) is 6.10 Å². The van der Waals surface area contributed by atoms with Gasteiger partial charge in [-0.3, -0.25) is 0 Å². The first-order valence-electron chi connectivity index (χ1n) is 7.05. The van der Waals surface area contributed by atoms with Crippen molar-refractivity contribution in [1.82, 2.24) is 4.90 Å². The Balaban J connectivity index is 1.84. The Bertz CT molecular complexity index is 332. The minimum absolute atomic E-state index is 0.0361. The van der Waals surface area contributed by atoms with E-state index in [4.69, 9.17) is 9.47 Å². The summed E-state index contributed by atoms with van der Waals surface area (Å²) in [7, 11) is 0. The summed E-state index contributed by atoms with van der Waals surface area (Å²) in [5.41, 5.74) is -0.378. The van der Waals surface area contributed by atoms with Gasteiger partial charge in [0.25, 0.3) is 0 Å². The van der Waals surface area contributed by atoms with Gasteiger partial charge in [-0.2, -0.15) is 0 Å². The van der Waals surface area contributed by atoms with E-state index in [1.807, 2.05) is 25.7 Å². The van der Waals surface area contributed by atoms with Gasteiger partial charge in [-0.25, -0.2) is 4.79 Å². The normalized spacial score (nSPS) is 26.7. The predicted octanol–water partition coefficient (Wildman–Crippen LogP) is 3.37. The second-order valence-electron chi connectivity index (χ2n) is 6.58. The molecule has 2 saturated heterocycles. The largest absolute Gasteiger partial charge is 0.444 e. The molecule has 0 aromatic rings. The fraction of sp³-hybridized carbons (Fsp3) is 0.929. The van der Waals surface area contributed by atoms with Crippen LogP contribution in [0.4, 0.5) is 4.79 Å². The minimum atomic E-state index is -0.414. The van der Waals surface area contributed by atoms with Gasteiger partial charge in [-0.1, -0.05) is 22.6 Å². The Hall–Kier alpha value is -0.0400. The van der Waals surface area contributed by atoms with Crippen molar-refractivity contribution in [3.05, 3.63) is 0 Å². The first kappa shape index (κ1) is 15.4. The fourth-order valence-electron chi connectivity index (χ4n) is 2.80. The number of amides is 1. The molecule has 0 saturated carbocycles. The number of carbonyl (C=O) groups is 1. The lowest BCUT2D eigenvalue weighted by atomic mass is 9.89. The molecule has 1 atom stereocenters. The van der Waals surface area contributed by atoms with Crippen molar-refractivity contribution in [1.29, 1.82) is 0 Å². The summed E-state index contributed by atoms with van der Waals surface area (Å²) >= 11 is 2.39. The Morgan fingerprint density at radius 2 is 2.00 bits per heavy atom. The molecule has 2 aliphatic rings. The number of rotatable bonds is 1. The summed E-state index contributed by atoms with van der Waals surface area (Å²) in [6.45, 7) is 7.22. The molecule has 0 aromatic carbocycles. The molecule has 0 N–H and O–H groups in total. The van der Waals surface area contributed by atoms with Crippen molar-refractivity contribution >= 4 is 28.7 Å². The summed E-state index contributed by atoms with van der Waals surface area (Å²) in [4.78, 5) is 13.8. The number of piperidine rings is 1. The number of nitrogens with zero attached hydrogens (tertiary/aromatic N) is 1. The Morgan fingerprint density at radius 1 is 1.37 bits per heavy atom. The van der Waals surface area contributed by atoms with Crippen molar-refractivity contribution in [3.63, 3.8) is 0 Å². The zero-order valence-electron chi connectivity index (χ0n) is 12.1. The van der Waals surface area contributed by atoms with Crippen LogP contribution in [-0.2, 0) is 9.47 Å². The van der Waals surface area contributed by atoms with Crippen LogP contribution in [0, 0.1) is 0 Å². The van der Waals surface area contributed by atoms with E-state index in [1.165, 1.54) is 0 Å². The van der Waals surface area contributed by atoms with Crippen LogP contribution < -0.4 is 0 Å². The first-order valence-corrected chi connectivity index (χ1v) is 8.58. The molecular weight excluding hydrogens is 357 g/mol. The highest BCUT2D eigenvalue weighted by Gasteiger charge is 2.43. The van der Waals surface area contributed by atoms with E-state index < -0.39 is 5.60 Å². The van der Waals surface area contributed by atoms with Crippen LogP contribution in [0.1, 0.15) is 46.5 Å². The second kappa shape index (κ2) is 5.76. The summed E-state index contributed by atoms with van der Waals surface area (Å²) in [5, 5.41) is 0. The van der Waals surface area contributed by atoms with Crippen LogP contribution in [-0.4, -0.2) is 45.8 Å². The van der Waals surface area contributed by atoms with Crippen LogP contribution in [0.5, 0.6) is 0 Å². The van der Waals surface area contributed by atoms with Gasteiger partial charge in [0, 0.05) is 17.5 Å². The van der Waals surface area contributed by atoms with Crippen molar-refractivity contribution in [3.8, 4) is 0 Å². The predicted molar refractivity (Wildman–Crippen MR) is 82.8 cm³/mol. The van der Waals surface area contributed by atoms with Gasteiger partial charge in [-0.05, 0) is 46.5 Å². The number of carbonyl (C=O) groups excluding carboxylic acids is 1. The number of hydrogen-bond acceptors (Lipinski definition) is 3. The third-order valence-corrected chi connectivity index (χ3v) is 4.82. The third-order valence-electron chi connectivity index (χ3n) is 3.84. The molecule has 0 aliphatic carbocycles. The molecule has 2 aliphatic heterocycles. The Labute approximate surface area is 129 Å². The van der Waals surface area contributed by atoms with Gasteiger partial charge in [0.05, 0.1) is 11.7 Å². The van der Waals surface area contributed by atoms with Crippen LogP contribution in [0.2, 0.25) is 0 Å². The van der Waals surface area contributed by atoms with Crippen LogP contribution >= 0.6 is 22.6 Å². The van der Waals surface area contributed by atoms with Gasteiger partial charge in [0.15, 0.2) is 0 Å². The maximum atomic E-state index is 12.0. The zero-order chi connectivity index (χ0) is 14.1. The van der Waals surface area contributed by atoms with E-state index in [0.717, 1.165) is 43.2 Å². The van der Waals surface area contributed by atoms with Crippen molar-refractivity contribution in [2.45, 2.75) is 63.8 Å². The van der Waals surface area contributed by atoms with E-state index >= 15 is 0 Å². The maximum Gasteiger partial charge on any atom is 0.410 e. The summed E-state index contributed by atoms with van der Waals surface area (Å²) in [6.07, 6.45) is 4.41. The summed E-state index contributed by atoms with van der Waals surface area (Å²) in [6, 6.07) is 0. The van der Waals surface area contributed by atoms with Crippen LogP contribution in [0.3, 0.4) is 0 Å². The Kier molecular flexibility index (Phi) is 4.65. The van der Waals surface area contributed by atoms with Gasteiger partial charge in [-0.15, -0.1) is 0 Å². The molecule has 1 amide bonds. The summed E-state index contributed by atoms with van der Waals surface area (Å²) in [5.74, 6) is 0. The smallest absolute Gasteiger partial charge is 0.410 e. The van der Waals surface area contributed by atoms with E-state index in [2.05, 4.69) is 22.6 Å². The third kappa shape index (κ3) is 3.97. The monoisotopic (exact) mass is 381 g/mol. The molecular formula is C14H24INO3. The van der Waals surface area contributed by atoms with E-state index in [9.17, 15) is 4.79 Å². The lowest BCUT2D eigenvalue weighted by Crippen LogP contribution is -2.48. The van der Waals surface area contributed by atoms with Crippen molar-refractivity contribution < 1.29 is 14.3 Å². The maximum absolute atomic E-state index is 12.0. The lowest BCUT2D eigenvalue weighted by molar-refractivity contribution is -0.0708. The van der Waals surface area contributed by atoms with Gasteiger partial charge in [0.2, 0.25) is 0 Å². The minimum Gasteiger partial charge on any atom is -0.444 e. The van der Waals surface area contributed by atoms with Gasteiger partial charge < -0.3 is 14.4 Å². The lowest BCUT2D eigenvalue weighted by Gasteiger charge is -2.39. The second-order valence-corrected chi connectivity index (χ2v) is 7.46. The molecule has 2 rings (SSSR count). The van der Waals surface area contributed by atoms with Gasteiger partial charge in [0.1, 0.15) is 5.60 Å². The van der Waals surface area contributed by atoms with Gasteiger partial charge >= 0.3 is 6.09 Å². The van der Waals surface area contributed by atoms with Crippen molar-refractivity contribution in [2.24, 2.45) is 0 Å². The summed E-state index contributed by atoms with van der Waals surface area (Å²) < 4.78 is 12.7. The average Bonchev–Trinajstić information content (AvgIpc) is 2.71. The SMILES string of the molecule is CC(C)(C)OC(=O)N1CCC2(CC[C@H](CI)O2)CC1. The number of alkyl halides is 1. The van der Waals surface area contributed by atoms with E-state index in [-0.39, 0.29) is 11.7 Å². The number of halogens is 1. The average molecular weight is 381 g/mol. The number of likely N-dealkylation sites (tertiary alicyclic amines) is 1. The molecule has 0 aromatic heterocycles. The standard InChI is InChI=1S/C14H24INO3/c1-13(2,3)19-12(17)16-8-6-14(7-9-16)5-4-11(10-15)18-14/h11H,4-10H2,1-3H3/t11-/m1/s1. The molecule has 5 heteroatoms. The molecule has 19 heavy (non-hydrogen) atoms. The molecule has 0 unspecified atom stereocenters. The quantitative estimate of drug-likeness (QED) is 0.517. The molecule has 110 valence electrons. The fourth-order valence-corrected chi connectivity index (χ4v) is 3.42. The topological polar surface area (TPSA) is 38.8 Å². The van der Waals surface area contributed by atoms with Crippen molar-refractivity contribution in [2.75, 3.05) is 17.5 Å². The first-order chi connectivity index (χ1) is 8.84. The molecule has 1 spiro atoms. The molecule has 0 radical (unpaired) electrons. The number of ether oxygens (including phenoxy) is 2. The number of hydrogen-bond donors (Lipinski definition) is 0. The Morgan fingerprint density at radius 3 is 2.47 bits per heavy atom. The zero-order valence-corrected chi connectivity index (χ0v) is 14.2. The van der Waals surface area contributed by atoms with E-state index in [1.54, 1.807) is 0 Å². The highest BCUT2D eigenvalue weighted by Crippen LogP contribution is 2.39. The molecule has 2 heterocycles. The highest BCUT2D eigenvalue weighted by atomic mass is 127. The van der Waals surface area contributed by atoms with Crippen LogP contribution in [0.15, 0.2) is 0 Å². The highest BCUT2D eigenvalue weighted by molar-refractivity contribution is 14.1. The molecule has 0 bridgehead atoms.